The first-order valence-corrected chi connectivity index (χ1v) is 8.78. The first kappa shape index (κ1) is 19.2. The molecule has 1 aliphatic rings. The standard InChI is InChI=1S/C20H22N4O4/c1-27-18(25)10-13-2-6-15(7-3-13)23-11-17-12-24(20(26)28-17)16-8-4-14(5-9-16)19(21)22/h2-9,17,23H,10-12H2,1H3,(H3,21,22). The summed E-state index contributed by atoms with van der Waals surface area (Å²) in [4.78, 5) is 25.0. The van der Waals surface area contributed by atoms with Gasteiger partial charge in [0.1, 0.15) is 11.9 Å². The molecule has 0 bridgehead atoms. The van der Waals surface area contributed by atoms with Gasteiger partial charge in [-0.15, -0.1) is 0 Å². The molecule has 4 N–H and O–H groups in total. The summed E-state index contributed by atoms with van der Waals surface area (Å²) in [6, 6.07) is 14.3. The summed E-state index contributed by atoms with van der Waals surface area (Å²) >= 11 is 0. The van der Waals surface area contributed by atoms with E-state index in [9.17, 15) is 9.59 Å². The Morgan fingerprint density at radius 1 is 1.25 bits per heavy atom. The zero-order chi connectivity index (χ0) is 20.1. The van der Waals surface area contributed by atoms with Crippen LogP contribution in [0, 0.1) is 5.41 Å². The molecule has 0 spiro atoms. The lowest BCUT2D eigenvalue weighted by Crippen LogP contribution is -2.27. The molecule has 1 amide bonds. The average molecular weight is 382 g/mol. The SMILES string of the molecule is COC(=O)Cc1ccc(NCC2CN(c3ccc(C(=N)N)cc3)C(=O)O2)cc1. The van der Waals surface area contributed by atoms with Gasteiger partial charge in [0.05, 0.1) is 26.6 Å². The van der Waals surface area contributed by atoms with E-state index in [0.717, 1.165) is 11.3 Å². The molecular weight excluding hydrogens is 360 g/mol. The minimum absolute atomic E-state index is 0.0183. The van der Waals surface area contributed by atoms with Crippen LogP contribution in [-0.4, -0.2) is 44.2 Å². The van der Waals surface area contributed by atoms with E-state index < -0.39 is 6.09 Å². The molecule has 0 radical (unpaired) electrons. The second kappa shape index (κ2) is 8.43. The maximum atomic E-state index is 12.2. The maximum Gasteiger partial charge on any atom is 0.414 e. The number of carbonyl (C=O) groups excluding carboxylic acids is 2. The average Bonchev–Trinajstić information content (AvgIpc) is 3.08. The van der Waals surface area contributed by atoms with E-state index in [0.29, 0.717) is 24.3 Å². The lowest BCUT2D eigenvalue weighted by molar-refractivity contribution is -0.139. The van der Waals surface area contributed by atoms with Crippen molar-refractivity contribution < 1.29 is 19.1 Å². The van der Waals surface area contributed by atoms with Crippen molar-refractivity contribution >= 4 is 29.3 Å². The molecule has 1 saturated heterocycles. The van der Waals surface area contributed by atoms with Gasteiger partial charge in [-0.3, -0.25) is 15.1 Å². The van der Waals surface area contributed by atoms with Gasteiger partial charge in [-0.2, -0.15) is 0 Å². The van der Waals surface area contributed by atoms with Crippen molar-refractivity contribution in [1.29, 1.82) is 5.41 Å². The highest BCUT2D eigenvalue weighted by atomic mass is 16.6. The number of benzene rings is 2. The van der Waals surface area contributed by atoms with Crippen LogP contribution >= 0.6 is 0 Å². The van der Waals surface area contributed by atoms with E-state index in [1.54, 1.807) is 29.2 Å². The van der Waals surface area contributed by atoms with Crippen LogP contribution in [0.15, 0.2) is 48.5 Å². The Hall–Kier alpha value is -3.55. The Bertz CT molecular complexity index is 865. The number of amides is 1. The van der Waals surface area contributed by atoms with Crippen molar-refractivity contribution in [3.8, 4) is 0 Å². The van der Waals surface area contributed by atoms with Gasteiger partial charge >= 0.3 is 12.1 Å². The smallest absolute Gasteiger partial charge is 0.414 e. The molecule has 1 heterocycles. The molecule has 146 valence electrons. The van der Waals surface area contributed by atoms with E-state index in [2.05, 4.69) is 10.1 Å². The molecule has 1 fully saturated rings. The molecule has 28 heavy (non-hydrogen) atoms. The normalized spacial score (nSPS) is 15.8. The third kappa shape index (κ3) is 4.59. The lowest BCUT2D eigenvalue weighted by atomic mass is 10.1. The molecule has 0 aliphatic carbocycles. The highest BCUT2D eigenvalue weighted by Crippen LogP contribution is 2.22. The van der Waals surface area contributed by atoms with Crippen LogP contribution in [0.2, 0.25) is 0 Å². The van der Waals surface area contributed by atoms with E-state index in [-0.39, 0.29) is 24.3 Å². The fourth-order valence-electron chi connectivity index (χ4n) is 2.87. The van der Waals surface area contributed by atoms with Crippen molar-refractivity contribution in [1.82, 2.24) is 0 Å². The number of cyclic esters (lactones) is 1. The molecule has 1 atom stereocenters. The summed E-state index contributed by atoms with van der Waals surface area (Å²) in [7, 11) is 1.36. The number of nitrogens with two attached hydrogens (primary N) is 1. The highest BCUT2D eigenvalue weighted by Gasteiger charge is 2.32. The minimum atomic E-state index is -0.407. The van der Waals surface area contributed by atoms with Gasteiger partial charge in [-0.1, -0.05) is 12.1 Å². The van der Waals surface area contributed by atoms with E-state index in [4.69, 9.17) is 15.9 Å². The first-order chi connectivity index (χ1) is 13.5. The van der Waals surface area contributed by atoms with E-state index in [1.165, 1.54) is 7.11 Å². The third-order valence-corrected chi connectivity index (χ3v) is 4.43. The molecule has 0 saturated carbocycles. The number of anilines is 2. The number of methoxy groups -OCH3 is 1. The number of hydrogen-bond acceptors (Lipinski definition) is 6. The predicted molar refractivity (Wildman–Crippen MR) is 106 cm³/mol. The maximum absolute atomic E-state index is 12.2. The van der Waals surface area contributed by atoms with Crippen LogP contribution in [0.1, 0.15) is 11.1 Å². The van der Waals surface area contributed by atoms with E-state index in [1.807, 2.05) is 24.3 Å². The van der Waals surface area contributed by atoms with Crippen molar-refractivity contribution in [2.45, 2.75) is 12.5 Å². The second-order valence-corrected chi connectivity index (χ2v) is 6.41. The zero-order valence-electron chi connectivity index (χ0n) is 15.5. The summed E-state index contributed by atoms with van der Waals surface area (Å²) in [5.41, 5.74) is 8.48. The number of ether oxygens (including phenoxy) is 2. The van der Waals surface area contributed by atoms with Crippen LogP contribution in [0.25, 0.3) is 0 Å². The van der Waals surface area contributed by atoms with Gasteiger partial charge < -0.3 is 20.5 Å². The summed E-state index contributed by atoms with van der Waals surface area (Å²) in [5.74, 6) is -0.301. The molecule has 1 aliphatic heterocycles. The minimum Gasteiger partial charge on any atom is -0.469 e. The molecule has 0 aromatic heterocycles. The van der Waals surface area contributed by atoms with Crippen molar-refractivity contribution in [3.63, 3.8) is 0 Å². The Balaban J connectivity index is 1.54. The zero-order valence-corrected chi connectivity index (χ0v) is 15.5. The summed E-state index contributed by atoms with van der Waals surface area (Å²) in [6.45, 7) is 0.885. The van der Waals surface area contributed by atoms with Gasteiger partial charge in [0.2, 0.25) is 0 Å². The van der Waals surface area contributed by atoms with Crippen LogP contribution in [0.4, 0.5) is 16.2 Å². The fourth-order valence-corrected chi connectivity index (χ4v) is 2.87. The molecular formula is C20H22N4O4. The molecule has 2 aromatic carbocycles. The van der Waals surface area contributed by atoms with Crippen LogP contribution in [-0.2, 0) is 20.7 Å². The van der Waals surface area contributed by atoms with Crippen LogP contribution < -0.4 is 16.0 Å². The van der Waals surface area contributed by atoms with Crippen molar-refractivity contribution in [2.75, 3.05) is 30.4 Å². The van der Waals surface area contributed by atoms with Crippen LogP contribution in [0.3, 0.4) is 0 Å². The topological polar surface area (TPSA) is 118 Å². The summed E-state index contributed by atoms with van der Waals surface area (Å²) in [5, 5.41) is 10.7. The number of carbonyl (C=O) groups is 2. The molecule has 1 unspecified atom stereocenters. The highest BCUT2D eigenvalue weighted by molar-refractivity contribution is 5.96. The number of nitrogens with zero attached hydrogens (tertiary/aromatic N) is 1. The van der Waals surface area contributed by atoms with Gasteiger partial charge in [0.25, 0.3) is 0 Å². The molecule has 3 rings (SSSR count). The Labute approximate surface area is 162 Å². The van der Waals surface area contributed by atoms with E-state index >= 15 is 0 Å². The van der Waals surface area contributed by atoms with Crippen molar-refractivity contribution in [2.24, 2.45) is 5.73 Å². The first-order valence-electron chi connectivity index (χ1n) is 8.78. The summed E-state index contributed by atoms with van der Waals surface area (Å²) < 4.78 is 10.1. The molecule has 8 nitrogen and oxygen atoms in total. The monoisotopic (exact) mass is 382 g/mol. The summed E-state index contributed by atoms with van der Waals surface area (Å²) in [6.07, 6.45) is -0.473. The number of nitrogen functional groups attached to an aromatic ring is 1. The molecule has 2 aromatic rings. The Morgan fingerprint density at radius 2 is 1.93 bits per heavy atom. The third-order valence-electron chi connectivity index (χ3n) is 4.43. The largest absolute Gasteiger partial charge is 0.469 e. The van der Waals surface area contributed by atoms with Crippen molar-refractivity contribution in [3.05, 3.63) is 59.7 Å². The number of hydrogen-bond donors (Lipinski definition) is 3. The second-order valence-electron chi connectivity index (χ2n) is 6.41. The van der Waals surface area contributed by atoms with Crippen LogP contribution in [0.5, 0.6) is 0 Å². The van der Waals surface area contributed by atoms with Gasteiger partial charge in [0, 0.05) is 16.9 Å². The number of rotatable bonds is 7. The number of esters is 1. The van der Waals surface area contributed by atoms with Gasteiger partial charge in [0.15, 0.2) is 0 Å². The number of nitrogens with one attached hydrogen (secondary N) is 2. The molecule has 8 heteroatoms. The Morgan fingerprint density at radius 3 is 2.54 bits per heavy atom. The Kier molecular flexibility index (Phi) is 5.78. The van der Waals surface area contributed by atoms with Gasteiger partial charge in [-0.25, -0.2) is 4.79 Å². The quantitative estimate of drug-likeness (QED) is 0.384. The number of amidine groups is 1. The fraction of sp³-hybridized carbons (Fsp3) is 0.250. The lowest BCUT2D eigenvalue weighted by Gasteiger charge is -2.14. The predicted octanol–water partition coefficient (Wildman–Crippen LogP) is 2.12. The van der Waals surface area contributed by atoms with Gasteiger partial charge in [-0.05, 0) is 42.0 Å².